The third-order valence-corrected chi connectivity index (χ3v) is 15.1. The largest absolute Gasteiger partial charge is 0.501 e. The van der Waals surface area contributed by atoms with Crippen molar-refractivity contribution in [2.24, 2.45) is 0 Å². The summed E-state index contributed by atoms with van der Waals surface area (Å²) in [4.78, 5) is 6.05. The number of nitrogens with zero attached hydrogens (tertiary/aromatic N) is 3. The van der Waals surface area contributed by atoms with E-state index in [-0.39, 0.29) is 24.1 Å². The zero-order valence-electron chi connectivity index (χ0n) is 34.5. The molecular formula is C46H46ClF4N5O2S4. The summed E-state index contributed by atoms with van der Waals surface area (Å²) in [7, 11) is -5.62. The Morgan fingerprint density at radius 2 is 1.45 bits per heavy atom. The highest BCUT2D eigenvalue weighted by molar-refractivity contribution is 8.00. The van der Waals surface area contributed by atoms with Crippen LogP contribution in [0.15, 0.2) is 135 Å². The first kappa shape index (κ1) is 45.6. The van der Waals surface area contributed by atoms with Gasteiger partial charge in [0.2, 0.25) is 0 Å². The molecule has 1 fully saturated rings. The minimum absolute atomic E-state index is 0.105. The van der Waals surface area contributed by atoms with E-state index in [1.165, 1.54) is 17.8 Å². The van der Waals surface area contributed by atoms with Crippen molar-refractivity contribution >= 4 is 79.7 Å². The maximum Gasteiger partial charge on any atom is 0.501 e. The molecule has 7 nitrogen and oxygen atoms in total. The summed E-state index contributed by atoms with van der Waals surface area (Å²) in [6, 6.07) is 34.5. The Morgan fingerprint density at radius 1 is 0.790 bits per heavy atom. The second-order valence-corrected chi connectivity index (χ2v) is 20.1. The smallest absolute Gasteiger partial charge is 0.383 e. The zero-order valence-corrected chi connectivity index (χ0v) is 38.5. The van der Waals surface area contributed by atoms with E-state index in [1.54, 1.807) is 30.0 Å². The van der Waals surface area contributed by atoms with Crippen LogP contribution in [0.25, 0.3) is 22.4 Å². The van der Waals surface area contributed by atoms with E-state index in [0.717, 1.165) is 67.3 Å². The van der Waals surface area contributed by atoms with Crippen molar-refractivity contribution < 1.29 is 26.0 Å². The fraction of sp³-hybridized carbons (Fsp3) is 0.261. The number of benzene rings is 5. The molecule has 0 spiro atoms. The van der Waals surface area contributed by atoms with E-state index in [2.05, 4.69) is 57.5 Å². The number of piperazine rings is 1. The highest BCUT2D eigenvalue weighted by Gasteiger charge is 2.48. The lowest BCUT2D eigenvalue weighted by Crippen LogP contribution is -2.46. The average molecular weight is 941 g/mol. The van der Waals surface area contributed by atoms with Gasteiger partial charge < -0.3 is 24.4 Å². The molecule has 62 heavy (non-hydrogen) atoms. The van der Waals surface area contributed by atoms with Crippen LogP contribution in [-0.2, 0) is 9.84 Å². The maximum absolute atomic E-state index is 15.6. The highest BCUT2D eigenvalue weighted by Crippen LogP contribution is 2.46. The molecule has 0 unspecified atom stereocenters. The van der Waals surface area contributed by atoms with Crippen molar-refractivity contribution in [2.45, 2.75) is 51.9 Å². The SMILES string of the molecule is CSc1c(-c2cc(F)cc(N3CCN(c4ccc(NSc5ccc(NCCSc6ccccc6)c(S(=O)(=O)C(F)(F)F)c5)cc4)CC3)c2)c(-c2ccc(Cl)cc2)n(C(C)C)c1C. The number of hydrogen-bond donors (Lipinski definition) is 2. The molecule has 2 N–H and O–H groups in total. The summed E-state index contributed by atoms with van der Waals surface area (Å²) in [6.45, 7) is 9.43. The van der Waals surface area contributed by atoms with Crippen LogP contribution >= 0.6 is 47.1 Å². The topological polar surface area (TPSA) is 69.6 Å². The first-order valence-corrected chi connectivity index (χ1v) is 24.8. The molecule has 0 aliphatic carbocycles. The lowest BCUT2D eigenvalue weighted by Gasteiger charge is -2.37. The van der Waals surface area contributed by atoms with E-state index in [4.69, 9.17) is 11.6 Å². The van der Waals surface area contributed by atoms with Crippen LogP contribution in [0.1, 0.15) is 25.6 Å². The Labute approximate surface area is 378 Å². The van der Waals surface area contributed by atoms with Crippen molar-refractivity contribution in [2.75, 3.05) is 64.6 Å². The number of anilines is 4. The van der Waals surface area contributed by atoms with Crippen molar-refractivity contribution in [3.63, 3.8) is 0 Å². The van der Waals surface area contributed by atoms with Gasteiger partial charge in [0, 0.05) is 92.5 Å². The monoisotopic (exact) mass is 939 g/mol. The van der Waals surface area contributed by atoms with Gasteiger partial charge in [-0.3, -0.25) is 0 Å². The summed E-state index contributed by atoms with van der Waals surface area (Å²) in [5.41, 5.74) is 1.93. The number of thioether (sulfide) groups is 2. The minimum Gasteiger partial charge on any atom is -0.383 e. The second kappa shape index (κ2) is 19.5. The van der Waals surface area contributed by atoms with Crippen LogP contribution in [0.3, 0.4) is 0 Å². The Morgan fingerprint density at radius 3 is 2.08 bits per heavy atom. The van der Waals surface area contributed by atoms with Gasteiger partial charge in [-0.2, -0.15) is 13.2 Å². The highest BCUT2D eigenvalue weighted by atomic mass is 35.5. The second-order valence-electron chi connectivity index (χ2n) is 14.9. The van der Waals surface area contributed by atoms with Gasteiger partial charge in [-0.1, -0.05) is 41.9 Å². The van der Waals surface area contributed by atoms with Gasteiger partial charge in [-0.05, 0) is 135 Å². The van der Waals surface area contributed by atoms with E-state index in [1.807, 2.05) is 78.9 Å². The first-order chi connectivity index (χ1) is 29.6. The number of sulfone groups is 1. The molecular weight excluding hydrogens is 894 g/mol. The molecule has 5 aromatic carbocycles. The lowest BCUT2D eigenvalue weighted by molar-refractivity contribution is -0.0435. The number of rotatable bonds is 15. The average Bonchev–Trinajstić information content (AvgIpc) is 3.56. The first-order valence-electron chi connectivity index (χ1n) is 19.9. The van der Waals surface area contributed by atoms with Crippen LogP contribution in [0, 0.1) is 12.7 Å². The summed E-state index contributed by atoms with van der Waals surface area (Å²) in [5.74, 6) is 0.220. The van der Waals surface area contributed by atoms with E-state index >= 15 is 4.39 Å². The van der Waals surface area contributed by atoms with Gasteiger partial charge >= 0.3 is 5.51 Å². The van der Waals surface area contributed by atoms with Crippen molar-refractivity contribution in [1.82, 2.24) is 4.57 Å². The molecule has 1 aromatic heterocycles. The van der Waals surface area contributed by atoms with Crippen LogP contribution in [-0.4, -0.2) is 63.2 Å². The van der Waals surface area contributed by atoms with Gasteiger partial charge in [0.05, 0.1) is 11.4 Å². The summed E-state index contributed by atoms with van der Waals surface area (Å²) in [5, 5.41) is 3.54. The number of halogens is 5. The molecule has 0 amide bonds. The maximum atomic E-state index is 15.6. The third-order valence-electron chi connectivity index (χ3n) is 10.5. The molecule has 2 heterocycles. The molecule has 6 aromatic rings. The number of hydrogen-bond acceptors (Lipinski definition) is 9. The predicted octanol–water partition coefficient (Wildman–Crippen LogP) is 13.2. The van der Waals surface area contributed by atoms with Gasteiger partial charge in [0.15, 0.2) is 0 Å². The molecule has 16 heteroatoms. The molecule has 326 valence electrons. The molecule has 0 saturated carbocycles. The van der Waals surface area contributed by atoms with Crippen LogP contribution < -0.4 is 19.8 Å². The molecule has 0 bridgehead atoms. The van der Waals surface area contributed by atoms with Gasteiger partial charge in [0.25, 0.3) is 9.84 Å². The Bertz CT molecular complexity index is 2600. The predicted molar refractivity (Wildman–Crippen MR) is 253 cm³/mol. The molecule has 1 saturated heterocycles. The van der Waals surface area contributed by atoms with E-state index in [9.17, 15) is 21.6 Å². The zero-order chi connectivity index (χ0) is 44.2. The molecule has 0 atom stereocenters. The fourth-order valence-electron chi connectivity index (χ4n) is 7.65. The number of aromatic nitrogens is 1. The van der Waals surface area contributed by atoms with Crippen LogP contribution in [0.4, 0.5) is 40.3 Å². The van der Waals surface area contributed by atoms with Gasteiger partial charge in [-0.15, -0.1) is 23.5 Å². The van der Waals surface area contributed by atoms with Crippen molar-refractivity contribution in [3.05, 3.63) is 132 Å². The normalized spacial score (nSPS) is 13.5. The van der Waals surface area contributed by atoms with Crippen LogP contribution in [0.5, 0.6) is 0 Å². The van der Waals surface area contributed by atoms with Gasteiger partial charge in [0.1, 0.15) is 10.7 Å². The third kappa shape index (κ3) is 10.2. The fourth-order valence-corrected chi connectivity index (χ4v) is 11.1. The van der Waals surface area contributed by atoms with E-state index in [0.29, 0.717) is 47.5 Å². The van der Waals surface area contributed by atoms with E-state index < -0.39 is 20.2 Å². The number of alkyl halides is 3. The minimum atomic E-state index is -5.62. The molecule has 0 radical (unpaired) electrons. The quantitative estimate of drug-likeness (QED) is 0.0453. The Balaban J connectivity index is 1.01. The van der Waals surface area contributed by atoms with Crippen molar-refractivity contribution in [1.29, 1.82) is 0 Å². The van der Waals surface area contributed by atoms with Gasteiger partial charge in [-0.25, -0.2) is 12.8 Å². The summed E-state index contributed by atoms with van der Waals surface area (Å²) < 4.78 is 87.6. The summed E-state index contributed by atoms with van der Waals surface area (Å²) >= 11 is 10.5. The Kier molecular flexibility index (Phi) is 14.4. The molecule has 1 aliphatic heterocycles. The number of nitrogens with one attached hydrogen (secondary N) is 2. The lowest BCUT2D eigenvalue weighted by atomic mass is 9.99. The standard InChI is InChI=1S/C46H46ClF4N5O2S4/c1-30(2)56-31(3)45(59-4)43(44(56)32-10-12-34(47)13-11-32)33-26-35(48)28-38(27-33)55-23-21-54(22-24-55)37-16-14-36(15-17-37)53-61-40-18-19-41(42(29-40)62(57,58)46(49,50)51)52-20-25-60-39-8-6-5-7-9-39/h5-19,26-30,52-53H,20-25H2,1-4H3. The summed E-state index contributed by atoms with van der Waals surface area (Å²) in [6.07, 6.45) is 2.06. The molecule has 1 aliphatic rings. The van der Waals surface area contributed by atoms with Crippen molar-refractivity contribution in [3.8, 4) is 22.4 Å². The Hall–Kier alpha value is -4.41. The van der Waals surface area contributed by atoms with Crippen LogP contribution in [0.2, 0.25) is 5.02 Å². The molecule has 7 rings (SSSR count).